The van der Waals surface area contributed by atoms with Crippen LogP contribution in [0, 0.1) is 11.7 Å². The van der Waals surface area contributed by atoms with Gasteiger partial charge in [-0.15, -0.1) is 0 Å². The monoisotopic (exact) mass is 334 g/mol. The summed E-state index contributed by atoms with van der Waals surface area (Å²) >= 11 is 9.09. The summed E-state index contributed by atoms with van der Waals surface area (Å²) in [5.41, 5.74) is 0.425. The lowest BCUT2D eigenvalue weighted by Crippen LogP contribution is -2.18. The molecule has 6 heteroatoms. The summed E-state index contributed by atoms with van der Waals surface area (Å²) in [5.74, 6) is -0.175. The van der Waals surface area contributed by atoms with Gasteiger partial charge in [-0.05, 0) is 53.5 Å². The topological polar surface area (TPSA) is 41.1 Å². The van der Waals surface area contributed by atoms with Crippen molar-refractivity contribution in [3.63, 3.8) is 0 Å². The lowest BCUT2D eigenvalue weighted by molar-refractivity contribution is -0.116. The van der Waals surface area contributed by atoms with Gasteiger partial charge in [-0.3, -0.25) is 4.79 Å². The molecule has 2 N–H and O–H groups in total. The molecule has 1 aromatic rings. The minimum atomic E-state index is -0.440. The zero-order valence-corrected chi connectivity index (χ0v) is 11.9. The standard InChI is InChI=1S/C12H13BrClFN2O/c13-9-4-8(15)5-10(14)12(9)17-11(18)3-7-1-2-16-6-7/h4-5,7,16H,1-3,6H2,(H,17,18). The van der Waals surface area contributed by atoms with Gasteiger partial charge in [0.15, 0.2) is 0 Å². The Morgan fingerprint density at radius 3 is 3.00 bits per heavy atom. The van der Waals surface area contributed by atoms with Crippen LogP contribution in [0.2, 0.25) is 5.02 Å². The highest BCUT2D eigenvalue weighted by Crippen LogP contribution is 2.32. The third kappa shape index (κ3) is 3.43. The maximum absolute atomic E-state index is 13.0. The fourth-order valence-corrected chi connectivity index (χ4v) is 2.90. The quantitative estimate of drug-likeness (QED) is 0.891. The number of carbonyl (C=O) groups excluding carboxylic acids is 1. The summed E-state index contributed by atoms with van der Waals surface area (Å²) < 4.78 is 13.5. The number of hydrogen-bond donors (Lipinski definition) is 2. The van der Waals surface area contributed by atoms with E-state index in [4.69, 9.17) is 11.6 Å². The van der Waals surface area contributed by atoms with Gasteiger partial charge < -0.3 is 10.6 Å². The molecule has 1 saturated heterocycles. The van der Waals surface area contributed by atoms with Crippen LogP contribution in [0.15, 0.2) is 16.6 Å². The van der Waals surface area contributed by atoms with Crippen molar-refractivity contribution in [3.05, 3.63) is 27.4 Å². The van der Waals surface area contributed by atoms with Crippen LogP contribution < -0.4 is 10.6 Å². The van der Waals surface area contributed by atoms with Crippen LogP contribution in [0.3, 0.4) is 0 Å². The number of benzene rings is 1. The molecule has 1 amide bonds. The summed E-state index contributed by atoms with van der Waals surface area (Å²) in [6.45, 7) is 1.82. The Morgan fingerprint density at radius 1 is 1.61 bits per heavy atom. The van der Waals surface area contributed by atoms with E-state index in [0.29, 0.717) is 22.5 Å². The molecule has 1 heterocycles. The number of hydrogen-bond acceptors (Lipinski definition) is 2. The second-order valence-electron chi connectivity index (χ2n) is 4.36. The summed E-state index contributed by atoms with van der Waals surface area (Å²) in [6.07, 6.45) is 1.46. The van der Waals surface area contributed by atoms with Crippen molar-refractivity contribution in [1.29, 1.82) is 0 Å². The maximum Gasteiger partial charge on any atom is 0.224 e. The first kappa shape index (κ1) is 13.8. The van der Waals surface area contributed by atoms with E-state index in [1.807, 2.05) is 0 Å². The third-order valence-corrected chi connectivity index (χ3v) is 3.83. The first-order chi connectivity index (χ1) is 8.56. The van der Waals surface area contributed by atoms with Crippen LogP contribution in [0.1, 0.15) is 12.8 Å². The van der Waals surface area contributed by atoms with Crippen molar-refractivity contribution in [2.24, 2.45) is 5.92 Å². The first-order valence-corrected chi connectivity index (χ1v) is 6.88. The highest BCUT2D eigenvalue weighted by Gasteiger charge is 2.19. The van der Waals surface area contributed by atoms with E-state index in [1.54, 1.807) is 0 Å². The van der Waals surface area contributed by atoms with Crippen molar-refractivity contribution in [1.82, 2.24) is 5.32 Å². The first-order valence-electron chi connectivity index (χ1n) is 5.71. The van der Waals surface area contributed by atoms with Gasteiger partial charge in [0, 0.05) is 10.9 Å². The zero-order valence-electron chi connectivity index (χ0n) is 9.60. The fourth-order valence-electron chi connectivity index (χ4n) is 2.00. The molecular weight excluding hydrogens is 322 g/mol. The second kappa shape index (κ2) is 5.99. The Kier molecular flexibility index (Phi) is 4.59. The predicted molar refractivity (Wildman–Crippen MR) is 73.3 cm³/mol. The summed E-state index contributed by atoms with van der Waals surface area (Å²) in [4.78, 5) is 11.8. The minimum absolute atomic E-state index is 0.0992. The lowest BCUT2D eigenvalue weighted by atomic mass is 10.0. The normalized spacial score (nSPS) is 18.9. The van der Waals surface area contributed by atoms with Crippen molar-refractivity contribution < 1.29 is 9.18 Å². The number of rotatable bonds is 3. The van der Waals surface area contributed by atoms with Gasteiger partial charge in [-0.2, -0.15) is 0 Å². The van der Waals surface area contributed by atoms with Gasteiger partial charge in [-0.25, -0.2) is 4.39 Å². The van der Waals surface area contributed by atoms with Crippen molar-refractivity contribution in [3.8, 4) is 0 Å². The molecular formula is C12H13BrClFN2O. The van der Waals surface area contributed by atoms with E-state index in [1.165, 1.54) is 12.1 Å². The van der Waals surface area contributed by atoms with Gasteiger partial charge in [0.1, 0.15) is 5.82 Å². The van der Waals surface area contributed by atoms with Crippen LogP contribution in [-0.2, 0) is 4.79 Å². The number of halogens is 3. The maximum atomic E-state index is 13.0. The average molecular weight is 336 g/mol. The van der Waals surface area contributed by atoms with Gasteiger partial charge in [0.25, 0.3) is 0 Å². The van der Waals surface area contributed by atoms with E-state index < -0.39 is 5.82 Å². The molecule has 0 spiro atoms. The van der Waals surface area contributed by atoms with Gasteiger partial charge >= 0.3 is 0 Å². The fraction of sp³-hybridized carbons (Fsp3) is 0.417. The Morgan fingerprint density at radius 2 is 2.39 bits per heavy atom. The second-order valence-corrected chi connectivity index (χ2v) is 5.62. The van der Waals surface area contributed by atoms with Crippen LogP contribution in [0.5, 0.6) is 0 Å². The van der Waals surface area contributed by atoms with E-state index in [-0.39, 0.29) is 10.9 Å². The minimum Gasteiger partial charge on any atom is -0.324 e. The Balaban J connectivity index is 2.02. The molecule has 1 aliphatic heterocycles. The number of nitrogens with one attached hydrogen (secondary N) is 2. The lowest BCUT2D eigenvalue weighted by Gasteiger charge is -2.12. The number of anilines is 1. The Hall–Kier alpha value is -0.650. The molecule has 0 bridgehead atoms. The van der Waals surface area contributed by atoms with Crippen molar-refractivity contribution >= 4 is 39.1 Å². The highest BCUT2D eigenvalue weighted by molar-refractivity contribution is 9.10. The van der Waals surface area contributed by atoms with Crippen LogP contribution in [-0.4, -0.2) is 19.0 Å². The zero-order chi connectivity index (χ0) is 13.1. The molecule has 98 valence electrons. The van der Waals surface area contributed by atoms with E-state index in [0.717, 1.165) is 19.5 Å². The molecule has 3 nitrogen and oxygen atoms in total. The number of amides is 1. The molecule has 0 aliphatic carbocycles. The van der Waals surface area contributed by atoms with Gasteiger partial charge in [0.2, 0.25) is 5.91 Å². The predicted octanol–water partition coefficient (Wildman–Crippen LogP) is 3.18. The molecule has 1 aliphatic rings. The van der Waals surface area contributed by atoms with E-state index in [2.05, 4.69) is 26.6 Å². The third-order valence-electron chi connectivity index (χ3n) is 2.91. The highest BCUT2D eigenvalue weighted by atomic mass is 79.9. The van der Waals surface area contributed by atoms with Crippen LogP contribution >= 0.6 is 27.5 Å². The summed E-state index contributed by atoms with van der Waals surface area (Å²) in [5, 5.41) is 6.12. The van der Waals surface area contributed by atoms with Gasteiger partial charge in [0.05, 0.1) is 10.7 Å². The summed E-state index contributed by atoms with van der Waals surface area (Å²) in [7, 11) is 0. The van der Waals surface area contributed by atoms with E-state index >= 15 is 0 Å². The molecule has 0 saturated carbocycles. The SMILES string of the molecule is O=C(CC1CCNC1)Nc1c(Cl)cc(F)cc1Br. The average Bonchev–Trinajstić information content (AvgIpc) is 2.76. The molecule has 18 heavy (non-hydrogen) atoms. The Labute approximate surface area is 118 Å². The molecule has 0 aromatic heterocycles. The molecule has 1 fully saturated rings. The van der Waals surface area contributed by atoms with Crippen molar-refractivity contribution in [2.45, 2.75) is 12.8 Å². The van der Waals surface area contributed by atoms with Crippen LogP contribution in [0.4, 0.5) is 10.1 Å². The summed E-state index contributed by atoms with van der Waals surface area (Å²) in [6, 6.07) is 2.46. The molecule has 0 radical (unpaired) electrons. The van der Waals surface area contributed by atoms with Crippen molar-refractivity contribution in [2.75, 3.05) is 18.4 Å². The molecule has 1 unspecified atom stereocenters. The number of carbonyl (C=O) groups is 1. The largest absolute Gasteiger partial charge is 0.324 e. The smallest absolute Gasteiger partial charge is 0.224 e. The molecule has 1 aromatic carbocycles. The van der Waals surface area contributed by atoms with Gasteiger partial charge in [-0.1, -0.05) is 11.6 Å². The molecule has 2 rings (SSSR count). The Bertz CT molecular complexity index is 440. The van der Waals surface area contributed by atoms with E-state index in [9.17, 15) is 9.18 Å². The van der Waals surface area contributed by atoms with Crippen LogP contribution in [0.25, 0.3) is 0 Å². The molecule has 1 atom stereocenters.